The molecule has 2 amide bonds. The van der Waals surface area contributed by atoms with Gasteiger partial charge in [0.15, 0.2) is 0 Å². The second-order valence-corrected chi connectivity index (χ2v) is 6.35. The van der Waals surface area contributed by atoms with E-state index in [9.17, 15) is 9.59 Å². The molecule has 0 atom stereocenters. The first kappa shape index (κ1) is 15.7. The molecule has 2 aromatic rings. The van der Waals surface area contributed by atoms with Crippen LogP contribution in [-0.2, 0) is 11.2 Å². The third-order valence-corrected chi connectivity index (χ3v) is 4.45. The topological polar surface area (TPSA) is 49.4 Å². The van der Waals surface area contributed by atoms with E-state index in [1.165, 1.54) is 5.56 Å². The van der Waals surface area contributed by atoms with Gasteiger partial charge in [-0.1, -0.05) is 34.1 Å². The van der Waals surface area contributed by atoms with Crippen LogP contribution in [0.2, 0.25) is 0 Å². The van der Waals surface area contributed by atoms with Gasteiger partial charge in [-0.3, -0.25) is 9.59 Å². The van der Waals surface area contributed by atoms with Gasteiger partial charge in [-0.05, 0) is 42.3 Å². The molecule has 118 valence electrons. The van der Waals surface area contributed by atoms with Crippen molar-refractivity contribution in [2.75, 3.05) is 18.0 Å². The number of rotatable bonds is 4. The Kier molecular flexibility index (Phi) is 4.76. The number of anilines is 1. The first-order valence-electron chi connectivity index (χ1n) is 7.57. The molecule has 1 aliphatic rings. The lowest BCUT2D eigenvalue weighted by molar-refractivity contribution is -0.118. The summed E-state index contributed by atoms with van der Waals surface area (Å²) in [6.45, 7) is 1.06. The van der Waals surface area contributed by atoms with Gasteiger partial charge in [0.2, 0.25) is 5.91 Å². The highest BCUT2D eigenvalue weighted by Crippen LogP contribution is 2.27. The Hall–Kier alpha value is -2.14. The monoisotopic (exact) mass is 372 g/mol. The van der Waals surface area contributed by atoms with Crippen LogP contribution in [0.3, 0.4) is 0 Å². The minimum atomic E-state index is -0.160. The second-order valence-electron chi connectivity index (χ2n) is 5.44. The van der Waals surface area contributed by atoms with Gasteiger partial charge >= 0.3 is 0 Å². The lowest BCUT2D eigenvalue weighted by atomic mass is 10.2. The van der Waals surface area contributed by atoms with Crippen molar-refractivity contribution in [3.8, 4) is 0 Å². The van der Waals surface area contributed by atoms with Gasteiger partial charge in [0, 0.05) is 35.2 Å². The van der Waals surface area contributed by atoms with Crippen LogP contribution in [0.4, 0.5) is 5.69 Å². The van der Waals surface area contributed by atoms with E-state index in [-0.39, 0.29) is 11.8 Å². The summed E-state index contributed by atoms with van der Waals surface area (Å²) >= 11 is 3.34. The standard InChI is InChI=1S/C18H17BrN2O2/c19-15-7-5-14(6-8-15)18(23)20-11-9-17(22)21-12-10-13-3-1-2-4-16(13)21/h1-8H,9-12H2,(H,20,23). The molecule has 0 fully saturated rings. The van der Waals surface area contributed by atoms with E-state index in [1.807, 2.05) is 30.3 Å². The predicted molar refractivity (Wildman–Crippen MR) is 93.6 cm³/mol. The Morgan fingerprint density at radius 3 is 2.61 bits per heavy atom. The average molecular weight is 373 g/mol. The number of nitrogens with one attached hydrogen (secondary N) is 1. The maximum absolute atomic E-state index is 12.3. The van der Waals surface area contributed by atoms with Crippen LogP contribution >= 0.6 is 15.9 Å². The van der Waals surface area contributed by atoms with Crippen LogP contribution in [0.5, 0.6) is 0 Å². The lowest BCUT2D eigenvalue weighted by Gasteiger charge is -2.17. The van der Waals surface area contributed by atoms with Crippen molar-refractivity contribution in [3.63, 3.8) is 0 Å². The molecule has 1 heterocycles. The quantitative estimate of drug-likeness (QED) is 0.895. The fourth-order valence-corrected chi connectivity index (χ4v) is 2.98. The molecule has 3 rings (SSSR count). The molecule has 5 heteroatoms. The van der Waals surface area contributed by atoms with E-state index >= 15 is 0 Å². The number of para-hydroxylation sites is 1. The maximum atomic E-state index is 12.3. The Morgan fingerprint density at radius 2 is 1.83 bits per heavy atom. The summed E-state index contributed by atoms with van der Waals surface area (Å²) in [6.07, 6.45) is 1.20. The zero-order valence-electron chi connectivity index (χ0n) is 12.6. The number of hydrogen-bond donors (Lipinski definition) is 1. The number of carbonyl (C=O) groups is 2. The predicted octanol–water partition coefficient (Wildman–Crippen LogP) is 3.16. The van der Waals surface area contributed by atoms with Gasteiger partial charge in [-0.15, -0.1) is 0 Å². The smallest absolute Gasteiger partial charge is 0.251 e. The number of hydrogen-bond acceptors (Lipinski definition) is 2. The van der Waals surface area contributed by atoms with Crippen LogP contribution in [-0.4, -0.2) is 24.9 Å². The van der Waals surface area contributed by atoms with E-state index in [0.29, 0.717) is 18.5 Å². The fraction of sp³-hybridized carbons (Fsp3) is 0.222. The van der Waals surface area contributed by atoms with Crippen molar-refractivity contribution < 1.29 is 9.59 Å². The molecular weight excluding hydrogens is 356 g/mol. The molecule has 23 heavy (non-hydrogen) atoms. The molecule has 0 spiro atoms. The largest absolute Gasteiger partial charge is 0.352 e. The highest BCUT2D eigenvalue weighted by Gasteiger charge is 2.23. The van der Waals surface area contributed by atoms with Crippen molar-refractivity contribution >= 4 is 33.4 Å². The van der Waals surface area contributed by atoms with Crippen molar-refractivity contribution in [2.45, 2.75) is 12.8 Å². The molecule has 0 unspecified atom stereocenters. The number of nitrogens with zero attached hydrogens (tertiary/aromatic N) is 1. The Morgan fingerprint density at radius 1 is 1.09 bits per heavy atom. The van der Waals surface area contributed by atoms with Gasteiger partial charge < -0.3 is 10.2 Å². The highest BCUT2D eigenvalue weighted by atomic mass is 79.9. The Labute approximate surface area is 143 Å². The molecule has 1 aliphatic heterocycles. The summed E-state index contributed by atoms with van der Waals surface area (Å²) in [6, 6.07) is 15.1. The van der Waals surface area contributed by atoms with Crippen molar-refractivity contribution in [2.24, 2.45) is 0 Å². The molecule has 0 aromatic heterocycles. The summed E-state index contributed by atoms with van der Waals surface area (Å²) in [5.41, 5.74) is 2.80. The minimum absolute atomic E-state index is 0.0473. The molecule has 0 bridgehead atoms. The molecule has 1 N–H and O–H groups in total. The number of amides is 2. The third kappa shape index (κ3) is 3.62. The first-order valence-corrected chi connectivity index (χ1v) is 8.36. The van der Waals surface area contributed by atoms with E-state index in [2.05, 4.69) is 27.3 Å². The molecule has 4 nitrogen and oxygen atoms in total. The first-order chi connectivity index (χ1) is 11.1. The average Bonchev–Trinajstić information content (AvgIpc) is 2.99. The molecular formula is C18H17BrN2O2. The van der Waals surface area contributed by atoms with Crippen LogP contribution in [0.25, 0.3) is 0 Å². The summed E-state index contributed by atoms with van der Waals surface area (Å²) in [5, 5.41) is 2.80. The van der Waals surface area contributed by atoms with Gasteiger partial charge in [-0.25, -0.2) is 0 Å². The van der Waals surface area contributed by atoms with E-state index in [4.69, 9.17) is 0 Å². The summed E-state index contributed by atoms with van der Waals surface area (Å²) in [7, 11) is 0. The minimum Gasteiger partial charge on any atom is -0.352 e. The molecule has 2 aromatic carbocycles. The second kappa shape index (κ2) is 6.96. The Bertz CT molecular complexity index is 728. The van der Waals surface area contributed by atoms with Crippen LogP contribution in [0.1, 0.15) is 22.3 Å². The fourth-order valence-electron chi connectivity index (χ4n) is 2.72. The van der Waals surface area contributed by atoms with Gasteiger partial charge in [0.05, 0.1) is 0 Å². The summed E-state index contributed by atoms with van der Waals surface area (Å²) in [4.78, 5) is 26.2. The van der Waals surface area contributed by atoms with Crippen LogP contribution < -0.4 is 10.2 Å². The number of halogens is 1. The zero-order chi connectivity index (χ0) is 16.2. The van der Waals surface area contributed by atoms with E-state index in [0.717, 1.165) is 23.1 Å². The number of carbonyl (C=O) groups excluding carboxylic acids is 2. The van der Waals surface area contributed by atoms with E-state index in [1.54, 1.807) is 17.0 Å². The normalized spacial score (nSPS) is 12.8. The summed E-state index contributed by atoms with van der Waals surface area (Å²) in [5.74, 6) is -0.113. The zero-order valence-corrected chi connectivity index (χ0v) is 14.2. The third-order valence-electron chi connectivity index (χ3n) is 3.92. The van der Waals surface area contributed by atoms with Crippen LogP contribution in [0.15, 0.2) is 53.0 Å². The molecule has 0 radical (unpaired) electrons. The molecule has 0 saturated carbocycles. The molecule has 0 aliphatic carbocycles. The number of benzene rings is 2. The van der Waals surface area contributed by atoms with Gasteiger partial charge in [0.1, 0.15) is 0 Å². The lowest BCUT2D eigenvalue weighted by Crippen LogP contribution is -2.33. The number of fused-ring (bicyclic) bond motifs is 1. The van der Waals surface area contributed by atoms with Gasteiger partial charge in [-0.2, -0.15) is 0 Å². The van der Waals surface area contributed by atoms with Crippen molar-refractivity contribution in [3.05, 3.63) is 64.1 Å². The van der Waals surface area contributed by atoms with Crippen molar-refractivity contribution in [1.82, 2.24) is 5.32 Å². The van der Waals surface area contributed by atoms with Crippen molar-refractivity contribution in [1.29, 1.82) is 0 Å². The summed E-state index contributed by atoms with van der Waals surface area (Å²) < 4.78 is 0.928. The molecule has 0 saturated heterocycles. The Balaban J connectivity index is 1.52. The SMILES string of the molecule is O=C(NCCC(=O)N1CCc2ccccc21)c1ccc(Br)cc1. The van der Waals surface area contributed by atoms with E-state index < -0.39 is 0 Å². The van der Waals surface area contributed by atoms with Crippen LogP contribution in [0, 0.1) is 0 Å². The van der Waals surface area contributed by atoms with Gasteiger partial charge in [0.25, 0.3) is 5.91 Å². The maximum Gasteiger partial charge on any atom is 0.251 e. The highest BCUT2D eigenvalue weighted by molar-refractivity contribution is 9.10.